The van der Waals surface area contributed by atoms with Gasteiger partial charge in [-0.2, -0.15) is 0 Å². The Kier molecular flexibility index (Phi) is 5.95. The fourth-order valence-electron chi connectivity index (χ4n) is 2.89. The number of nitrogens with zero attached hydrogens (tertiary/aromatic N) is 1. The van der Waals surface area contributed by atoms with Gasteiger partial charge in [-0.15, -0.1) is 0 Å². The first-order valence-electron chi connectivity index (χ1n) is 8.20. The molecule has 2 heterocycles. The molecule has 27 heavy (non-hydrogen) atoms. The van der Waals surface area contributed by atoms with Crippen LogP contribution in [0.4, 0.5) is 0 Å². The largest absolute Gasteiger partial charge is 0.351 e. The summed E-state index contributed by atoms with van der Waals surface area (Å²) in [6, 6.07) is 5.84. The molecule has 1 N–H and O–H groups in total. The number of hydrogen-bond acceptors (Lipinski definition) is 6. The van der Waals surface area contributed by atoms with E-state index in [1.165, 1.54) is 4.90 Å². The van der Waals surface area contributed by atoms with Crippen molar-refractivity contribution in [2.75, 3.05) is 11.5 Å². The van der Waals surface area contributed by atoms with Crippen LogP contribution in [0.2, 0.25) is 5.02 Å². The van der Waals surface area contributed by atoms with Gasteiger partial charge in [-0.05, 0) is 31.1 Å². The summed E-state index contributed by atoms with van der Waals surface area (Å²) in [7, 11) is -3.10. The quantitative estimate of drug-likeness (QED) is 0.566. The van der Waals surface area contributed by atoms with Gasteiger partial charge in [-0.3, -0.25) is 14.5 Å². The van der Waals surface area contributed by atoms with Gasteiger partial charge in [-0.25, -0.2) is 8.42 Å². The van der Waals surface area contributed by atoms with Crippen LogP contribution < -0.4 is 5.32 Å². The fourth-order valence-corrected chi connectivity index (χ4v) is 6.17. The number of thioether (sulfide) groups is 1. The van der Waals surface area contributed by atoms with Gasteiger partial charge < -0.3 is 5.32 Å². The molecule has 0 aliphatic carbocycles. The van der Waals surface area contributed by atoms with Crippen molar-refractivity contribution in [1.82, 2.24) is 10.2 Å². The molecule has 144 valence electrons. The van der Waals surface area contributed by atoms with Crippen LogP contribution in [0.3, 0.4) is 0 Å². The lowest BCUT2D eigenvalue weighted by Crippen LogP contribution is -2.50. The van der Waals surface area contributed by atoms with Crippen molar-refractivity contribution < 1.29 is 18.0 Å². The van der Waals surface area contributed by atoms with Crippen LogP contribution >= 0.6 is 35.6 Å². The Labute approximate surface area is 172 Å². The van der Waals surface area contributed by atoms with Gasteiger partial charge in [0.15, 0.2) is 9.84 Å². The number of rotatable bonds is 4. The van der Waals surface area contributed by atoms with E-state index in [9.17, 15) is 18.0 Å². The van der Waals surface area contributed by atoms with Gasteiger partial charge in [0.1, 0.15) is 10.4 Å². The molecule has 2 fully saturated rings. The van der Waals surface area contributed by atoms with Crippen LogP contribution in [0.5, 0.6) is 0 Å². The Morgan fingerprint density at radius 3 is 2.78 bits per heavy atom. The van der Waals surface area contributed by atoms with E-state index in [1.807, 2.05) is 6.07 Å². The zero-order valence-corrected chi connectivity index (χ0v) is 17.6. The van der Waals surface area contributed by atoms with Crippen molar-refractivity contribution in [3.8, 4) is 0 Å². The fraction of sp³-hybridized carbons (Fsp3) is 0.353. The van der Waals surface area contributed by atoms with Gasteiger partial charge in [-0.1, -0.05) is 53.8 Å². The van der Waals surface area contributed by atoms with E-state index in [-0.39, 0.29) is 21.7 Å². The topological polar surface area (TPSA) is 83.6 Å². The average molecular weight is 445 g/mol. The summed E-state index contributed by atoms with van der Waals surface area (Å²) in [6.45, 7) is 1.57. The maximum Gasteiger partial charge on any atom is 0.266 e. The first-order chi connectivity index (χ1) is 12.7. The van der Waals surface area contributed by atoms with E-state index in [0.717, 1.165) is 11.8 Å². The number of amides is 2. The molecule has 2 saturated heterocycles. The highest BCUT2D eigenvalue weighted by atomic mass is 35.5. The van der Waals surface area contributed by atoms with Crippen molar-refractivity contribution in [1.29, 1.82) is 0 Å². The number of hydrogen-bond donors (Lipinski definition) is 1. The molecule has 0 bridgehead atoms. The Morgan fingerprint density at radius 2 is 2.15 bits per heavy atom. The van der Waals surface area contributed by atoms with Crippen molar-refractivity contribution in [2.24, 2.45) is 0 Å². The Morgan fingerprint density at radius 1 is 1.44 bits per heavy atom. The summed E-state index contributed by atoms with van der Waals surface area (Å²) >= 11 is 12.5. The molecule has 0 radical (unpaired) electrons. The second kappa shape index (κ2) is 7.90. The minimum atomic E-state index is -3.10. The predicted molar refractivity (Wildman–Crippen MR) is 111 cm³/mol. The summed E-state index contributed by atoms with van der Waals surface area (Å²) in [4.78, 5) is 26.9. The van der Waals surface area contributed by atoms with Crippen LogP contribution in [0.25, 0.3) is 6.08 Å². The molecule has 2 aliphatic heterocycles. The molecule has 2 amide bonds. The first kappa shape index (κ1) is 20.3. The second-order valence-corrected chi connectivity index (χ2v) is 10.7. The Balaban J connectivity index is 1.73. The van der Waals surface area contributed by atoms with E-state index in [4.69, 9.17) is 23.8 Å². The number of thiocarbonyl (C=S) groups is 1. The molecule has 2 atom stereocenters. The van der Waals surface area contributed by atoms with Gasteiger partial charge >= 0.3 is 0 Å². The molecule has 2 aliphatic rings. The number of sulfone groups is 1. The summed E-state index contributed by atoms with van der Waals surface area (Å²) in [5.74, 6) is -0.802. The summed E-state index contributed by atoms with van der Waals surface area (Å²) in [6.07, 6.45) is 2.03. The van der Waals surface area contributed by atoms with E-state index in [1.54, 1.807) is 31.2 Å². The summed E-state index contributed by atoms with van der Waals surface area (Å²) < 4.78 is 23.4. The third kappa shape index (κ3) is 4.53. The zero-order chi connectivity index (χ0) is 19.8. The monoisotopic (exact) mass is 444 g/mol. The SMILES string of the molecule is CC(C(=O)NC1CCS(=O)(=O)C1)N1C(=O)C(=Cc2ccccc2Cl)SC1=S. The zero-order valence-electron chi connectivity index (χ0n) is 14.3. The molecule has 0 spiro atoms. The van der Waals surface area contributed by atoms with Crippen molar-refractivity contribution >= 4 is 67.6 Å². The lowest BCUT2D eigenvalue weighted by Gasteiger charge is -2.23. The minimum Gasteiger partial charge on any atom is -0.351 e. The highest BCUT2D eigenvalue weighted by Crippen LogP contribution is 2.35. The Hall–Kier alpha value is -1.42. The Bertz CT molecular complexity index is 945. The van der Waals surface area contributed by atoms with Crippen LogP contribution in [0.15, 0.2) is 29.2 Å². The van der Waals surface area contributed by atoms with Gasteiger partial charge in [0.25, 0.3) is 5.91 Å². The lowest BCUT2D eigenvalue weighted by atomic mass is 10.2. The van der Waals surface area contributed by atoms with Gasteiger partial charge in [0.2, 0.25) is 5.91 Å². The maximum absolute atomic E-state index is 12.7. The molecular formula is C17H17ClN2O4S3. The first-order valence-corrected chi connectivity index (χ1v) is 11.6. The molecule has 3 rings (SSSR count). The van der Waals surface area contributed by atoms with E-state index in [0.29, 0.717) is 21.9 Å². The number of carbonyl (C=O) groups excluding carboxylic acids is 2. The highest BCUT2D eigenvalue weighted by Gasteiger charge is 2.39. The standard InChI is InChI=1S/C17H17ClN2O4S3/c1-10(15(21)19-12-6-7-27(23,24)9-12)20-16(22)14(26-17(20)25)8-11-4-2-3-5-13(11)18/h2-5,8,10,12H,6-7,9H2,1H3,(H,19,21). The van der Waals surface area contributed by atoms with E-state index in [2.05, 4.69) is 5.32 Å². The molecule has 2 unspecified atom stereocenters. The van der Waals surface area contributed by atoms with Crippen molar-refractivity contribution in [2.45, 2.75) is 25.4 Å². The predicted octanol–water partition coefficient (Wildman–Crippen LogP) is 2.23. The molecule has 10 heteroatoms. The highest BCUT2D eigenvalue weighted by molar-refractivity contribution is 8.26. The van der Waals surface area contributed by atoms with E-state index >= 15 is 0 Å². The van der Waals surface area contributed by atoms with Crippen LogP contribution in [-0.2, 0) is 19.4 Å². The van der Waals surface area contributed by atoms with Crippen molar-refractivity contribution in [3.63, 3.8) is 0 Å². The number of benzene rings is 1. The number of carbonyl (C=O) groups is 2. The lowest BCUT2D eigenvalue weighted by molar-refractivity contribution is -0.132. The third-order valence-corrected chi connectivity index (χ3v) is 7.80. The van der Waals surface area contributed by atoms with Crippen molar-refractivity contribution in [3.05, 3.63) is 39.8 Å². The normalized spacial score (nSPS) is 24.4. The molecule has 6 nitrogen and oxygen atoms in total. The van der Waals surface area contributed by atoms with Gasteiger partial charge in [0, 0.05) is 11.1 Å². The summed E-state index contributed by atoms with van der Waals surface area (Å²) in [5, 5.41) is 3.21. The molecule has 1 aromatic carbocycles. The van der Waals surface area contributed by atoms with Crippen LogP contribution in [0, 0.1) is 0 Å². The number of halogens is 1. The summed E-state index contributed by atoms with van der Waals surface area (Å²) in [5.41, 5.74) is 0.688. The third-order valence-electron chi connectivity index (χ3n) is 4.36. The smallest absolute Gasteiger partial charge is 0.266 e. The molecule has 1 aromatic rings. The van der Waals surface area contributed by atoms with Gasteiger partial charge in [0.05, 0.1) is 16.4 Å². The number of nitrogens with one attached hydrogen (secondary N) is 1. The van der Waals surface area contributed by atoms with E-state index < -0.39 is 27.8 Å². The van der Waals surface area contributed by atoms with Crippen LogP contribution in [-0.4, -0.2) is 53.0 Å². The molecule has 0 saturated carbocycles. The second-order valence-electron chi connectivity index (χ2n) is 6.36. The average Bonchev–Trinajstić information content (AvgIpc) is 3.07. The molecular weight excluding hydrogens is 428 g/mol. The molecule has 0 aromatic heterocycles. The van der Waals surface area contributed by atoms with Crippen LogP contribution in [0.1, 0.15) is 18.9 Å². The maximum atomic E-state index is 12.7. The minimum absolute atomic E-state index is 0.0634.